The van der Waals surface area contributed by atoms with Gasteiger partial charge in [-0.05, 0) is 25.9 Å². The average molecular weight is 180 g/mol. The number of hydrogen-bond donors (Lipinski definition) is 2. The van der Waals surface area contributed by atoms with E-state index in [1.165, 1.54) is 12.8 Å². The van der Waals surface area contributed by atoms with E-state index in [1.54, 1.807) is 0 Å². The van der Waals surface area contributed by atoms with E-state index >= 15 is 0 Å². The monoisotopic (exact) mass is 180 g/mol. The van der Waals surface area contributed by atoms with Gasteiger partial charge >= 0.3 is 0 Å². The first kappa shape index (κ1) is 8.56. The predicted octanol–water partition coefficient (Wildman–Crippen LogP) is 0.849. The van der Waals surface area contributed by atoms with Gasteiger partial charge in [0.2, 0.25) is 0 Å². The van der Waals surface area contributed by atoms with Gasteiger partial charge in [0.1, 0.15) is 0 Å². The summed E-state index contributed by atoms with van der Waals surface area (Å²) in [6.45, 7) is 2.22. The standard InChI is InChI=1S/C9H16N4/c1-10-8-6-12-13(7-8)9-2-4-11-5-3-9/h6-7,9-11H,2-5H2,1H3. The molecule has 2 heterocycles. The van der Waals surface area contributed by atoms with Crippen LogP contribution in [0.15, 0.2) is 12.4 Å². The fraction of sp³-hybridized carbons (Fsp3) is 0.667. The maximum Gasteiger partial charge on any atom is 0.0724 e. The number of piperidine rings is 1. The largest absolute Gasteiger partial charge is 0.386 e. The fourth-order valence-electron chi connectivity index (χ4n) is 1.74. The van der Waals surface area contributed by atoms with Gasteiger partial charge in [0, 0.05) is 13.2 Å². The second-order valence-corrected chi connectivity index (χ2v) is 3.44. The Kier molecular flexibility index (Phi) is 2.49. The topological polar surface area (TPSA) is 41.9 Å². The number of hydrogen-bond acceptors (Lipinski definition) is 3. The van der Waals surface area contributed by atoms with Crippen LogP contribution in [0.1, 0.15) is 18.9 Å². The minimum atomic E-state index is 0.586. The van der Waals surface area contributed by atoms with Gasteiger partial charge in [0.25, 0.3) is 0 Å². The molecule has 1 aromatic heterocycles. The SMILES string of the molecule is CNc1cnn(C2CCNCC2)c1. The molecule has 4 heteroatoms. The van der Waals surface area contributed by atoms with Crippen molar-refractivity contribution in [2.45, 2.75) is 18.9 Å². The Bertz CT molecular complexity index is 262. The number of rotatable bonds is 2. The molecule has 1 saturated heterocycles. The summed E-state index contributed by atoms with van der Waals surface area (Å²) in [6.07, 6.45) is 6.33. The van der Waals surface area contributed by atoms with Crippen LogP contribution in [0.5, 0.6) is 0 Å². The van der Waals surface area contributed by atoms with Gasteiger partial charge in [-0.1, -0.05) is 0 Å². The molecule has 2 N–H and O–H groups in total. The van der Waals surface area contributed by atoms with Crippen molar-refractivity contribution in [3.63, 3.8) is 0 Å². The third kappa shape index (κ3) is 1.83. The molecular formula is C9H16N4. The van der Waals surface area contributed by atoms with Crippen LogP contribution in [-0.2, 0) is 0 Å². The van der Waals surface area contributed by atoms with E-state index in [4.69, 9.17) is 0 Å². The highest BCUT2D eigenvalue weighted by Crippen LogP contribution is 2.18. The lowest BCUT2D eigenvalue weighted by Gasteiger charge is -2.22. The smallest absolute Gasteiger partial charge is 0.0724 e. The lowest BCUT2D eigenvalue weighted by atomic mass is 10.1. The van der Waals surface area contributed by atoms with Gasteiger partial charge in [0.15, 0.2) is 0 Å². The molecule has 1 aliphatic heterocycles. The highest BCUT2D eigenvalue weighted by Gasteiger charge is 2.15. The van der Waals surface area contributed by atoms with Gasteiger partial charge in [-0.15, -0.1) is 0 Å². The van der Waals surface area contributed by atoms with Crippen LogP contribution in [0.4, 0.5) is 5.69 Å². The second-order valence-electron chi connectivity index (χ2n) is 3.44. The molecule has 0 bridgehead atoms. The highest BCUT2D eigenvalue weighted by molar-refractivity contribution is 5.36. The third-order valence-electron chi connectivity index (χ3n) is 2.57. The van der Waals surface area contributed by atoms with Crippen LogP contribution in [0.3, 0.4) is 0 Å². The summed E-state index contributed by atoms with van der Waals surface area (Å²) in [7, 11) is 1.92. The first-order valence-corrected chi connectivity index (χ1v) is 4.83. The van der Waals surface area contributed by atoms with Gasteiger partial charge in [-0.2, -0.15) is 5.10 Å². The predicted molar refractivity (Wildman–Crippen MR) is 52.9 cm³/mol. The third-order valence-corrected chi connectivity index (χ3v) is 2.57. The Morgan fingerprint density at radius 2 is 2.31 bits per heavy atom. The van der Waals surface area contributed by atoms with Crippen molar-refractivity contribution < 1.29 is 0 Å². The van der Waals surface area contributed by atoms with Crippen molar-refractivity contribution in [1.82, 2.24) is 15.1 Å². The zero-order valence-electron chi connectivity index (χ0n) is 7.95. The molecule has 0 spiro atoms. The fourth-order valence-corrected chi connectivity index (χ4v) is 1.74. The highest BCUT2D eigenvalue weighted by atomic mass is 15.3. The summed E-state index contributed by atoms with van der Waals surface area (Å²) in [5.41, 5.74) is 1.10. The first-order chi connectivity index (χ1) is 6.40. The van der Waals surface area contributed by atoms with Gasteiger partial charge in [-0.3, -0.25) is 4.68 Å². The molecule has 1 fully saturated rings. The van der Waals surface area contributed by atoms with E-state index < -0.39 is 0 Å². The minimum Gasteiger partial charge on any atom is -0.386 e. The molecule has 0 unspecified atom stereocenters. The normalized spacial score (nSPS) is 18.8. The second kappa shape index (κ2) is 3.79. The molecule has 2 rings (SSSR count). The van der Waals surface area contributed by atoms with Crippen LogP contribution < -0.4 is 10.6 Å². The average Bonchev–Trinajstić information content (AvgIpc) is 2.67. The molecule has 0 atom stereocenters. The molecule has 0 aromatic carbocycles. The number of nitrogens with one attached hydrogen (secondary N) is 2. The van der Waals surface area contributed by atoms with Gasteiger partial charge in [-0.25, -0.2) is 0 Å². The Morgan fingerprint density at radius 3 is 2.92 bits per heavy atom. The number of anilines is 1. The van der Waals surface area contributed by atoms with Crippen LogP contribution in [0.2, 0.25) is 0 Å². The van der Waals surface area contributed by atoms with E-state index in [9.17, 15) is 0 Å². The van der Waals surface area contributed by atoms with E-state index in [2.05, 4.69) is 26.6 Å². The van der Waals surface area contributed by atoms with E-state index in [0.29, 0.717) is 6.04 Å². The Morgan fingerprint density at radius 1 is 1.54 bits per heavy atom. The Balaban J connectivity index is 2.05. The molecule has 1 aromatic rings. The molecule has 0 saturated carbocycles. The summed E-state index contributed by atoms with van der Waals surface area (Å²) in [6, 6.07) is 0.586. The molecule has 4 nitrogen and oxygen atoms in total. The van der Waals surface area contributed by atoms with Crippen molar-refractivity contribution in [1.29, 1.82) is 0 Å². The van der Waals surface area contributed by atoms with E-state index in [0.717, 1.165) is 18.8 Å². The van der Waals surface area contributed by atoms with Crippen LogP contribution in [-0.4, -0.2) is 29.9 Å². The Labute approximate surface area is 78.3 Å². The minimum absolute atomic E-state index is 0.586. The first-order valence-electron chi connectivity index (χ1n) is 4.83. The molecule has 0 amide bonds. The molecule has 72 valence electrons. The van der Waals surface area contributed by atoms with Crippen molar-refractivity contribution in [3.8, 4) is 0 Å². The van der Waals surface area contributed by atoms with Crippen molar-refractivity contribution >= 4 is 5.69 Å². The maximum absolute atomic E-state index is 4.34. The molecule has 13 heavy (non-hydrogen) atoms. The van der Waals surface area contributed by atoms with Crippen molar-refractivity contribution in [3.05, 3.63) is 12.4 Å². The molecule has 1 aliphatic rings. The van der Waals surface area contributed by atoms with Crippen molar-refractivity contribution in [2.24, 2.45) is 0 Å². The van der Waals surface area contributed by atoms with Crippen molar-refractivity contribution in [2.75, 3.05) is 25.5 Å². The summed E-state index contributed by atoms with van der Waals surface area (Å²) in [5.74, 6) is 0. The molecular weight excluding hydrogens is 164 g/mol. The summed E-state index contributed by atoms with van der Waals surface area (Å²) < 4.78 is 2.08. The van der Waals surface area contributed by atoms with Crippen LogP contribution in [0, 0.1) is 0 Å². The van der Waals surface area contributed by atoms with E-state index in [-0.39, 0.29) is 0 Å². The van der Waals surface area contributed by atoms with E-state index in [1.807, 2.05) is 13.2 Å². The van der Waals surface area contributed by atoms with Gasteiger partial charge in [0.05, 0.1) is 17.9 Å². The quantitative estimate of drug-likeness (QED) is 0.709. The van der Waals surface area contributed by atoms with Gasteiger partial charge < -0.3 is 10.6 Å². The van der Waals surface area contributed by atoms with Crippen LogP contribution in [0.25, 0.3) is 0 Å². The lowest BCUT2D eigenvalue weighted by molar-refractivity contribution is 0.343. The Hall–Kier alpha value is -1.03. The summed E-state index contributed by atoms with van der Waals surface area (Å²) >= 11 is 0. The zero-order valence-corrected chi connectivity index (χ0v) is 7.95. The number of nitrogens with zero attached hydrogens (tertiary/aromatic N) is 2. The van der Waals surface area contributed by atoms with Crippen LogP contribution >= 0.6 is 0 Å². The zero-order chi connectivity index (χ0) is 9.10. The molecule has 0 radical (unpaired) electrons. The number of aromatic nitrogens is 2. The lowest BCUT2D eigenvalue weighted by Crippen LogP contribution is -2.29. The maximum atomic E-state index is 4.34. The summed E-state index contributed by atoms with van der Waals surface area (Å²) in [4.78, 5) is 0. The molecule has 0 aliphatic carbocycles. The summed E-state index contributed by atoms with van der Waals surface area (Å²) in [5, 5.41) is 10.8.